The highest BCUT2D eigenvalue weighted by Gasteiger charge is 2.38. The fraction of sp³-hybridized carbons (Fsp3) is 0.538. The van der Waals surface area contributed by atoms with Crippen LogP contribution < -0.4 is 5.32 Å². The van der Waals surface area contributed by atoms with E-state index in [2.05, 4.69) is 5.32 Å². The minimum atomic E-state index is -3.13. The normalized spacial score (nSPS) is 14.5. The molecule has 1 rings (SSSR count). The van der Waals surface area contributed by atoms with Crippen LogP contribution in [0.15, 0.2) is 24.3 Å². The highest BCUT2D eigenvalue weighted by atomic mass is 35.5. The van der Waals surface area contributed by atoms with Crippen molar-refractivity contribution in [1.29, 1.82) is 0 Å². The predicted molar refractivity (Wildman–Crippen MR) is 76.9 cm³/mol. The van der Waals surface area contributed by atoms with Crippen molar-refractivity contribution in [3.8, 4) is 0 Å². The molecule has 3 nitrogen and oxygen atoms in total. The van der Waals surface area contributed by atoms with Crippen LogP contribution in [-0.2, 0) is 16.3 Å². The zero-order chi connectivity index (χ0) is 14.0. The third kappa shape index (κ3) is 3.46. The van der Waals surface area contributed by atoms with Gasteiger partial charge in [0.25, 0.3) is 0 Å². The Morgan fingerprint density at radius 2 is 1.78 bits per heavy atom. The SMILES string of the molecule is CNC(Cc1ccc(Cl)cc1)C(C)(C)S(C)(=O)=O. The molecule has 0 spiro atoms. The van der Waals surface area contributed by atoms with E-state index in [1.807, 2.05) is 24.3 Å². The molecule has 102 valence electrons. The highest BCUT2D eigenvalue weighted by molar-refractivity contribution is 7.92. The Balaban J connectivity index is 2.95. The average molecular weight is 290 g/mol. The van der Waals surface area contributed by atoms with E-state index in [4.69, 9.17) is 11.6 Å². The summed E-state index contributed by atoms with van der Waals surface area (Å²) in [6, 6.07) is 7.33. The molecule has 1 aromatic rings. The monoisotopic (exact) mass is 289 g/mol. The van der Waals surface area contributed by atoms with Crippen LogP contribution in [0.5, 0.6) is 0 Å². The fourth-order valence-electron chi connectivity index (χ4n) is 1.81. The van der Waals surface area contributed by atoms with Gasteiger partial charge in [-0.3, -0.25) is 0 Å². The first-order valence-electron chi connectivity index (χ1n) is 5.80. The second-order valence-corrected chi connectivity index (χ2v) is 8.08. The van der Waals surface area contributed by atoms with E-state index >= 15 is 0 Å². The average Bonchev–Trinajstić information content (AvgIpc) is 2.26. The number of hydrogen-bond acceptors (Lipinski definition) is 3. The summed E-state index contributed by atoms with van der Waals surface area (Å²) in [6.45, 7) is 3.50. The summed E-state index contributed by atoms with van der Waals surface area (Å²) in [5, 5.41) is 3.78. The predicted octanol–water partition coefficient (Wildman–Crippen LogP) is 2.29. The first-order valence-corrected chi connectivity index (χ1v) is 8.06. The van der Waals surface area contributed by atoms with Crippen LogP contribution in [0.25, 0.3) is 0 Å². The lowest BCUT2D eigenvalue weighted by Gasteiger charge is -2.32. The molecule has 1 N–H and O–H groups in total. The van der Waals surface area contributed by atoms with Crippen LogP contribution in [-0.4, -0.2) is 32.5 Å². The van der Waals surface area contributed by atoms with Gasteiger partial charge in [0.2, 0.25) is 0 Å². The molecule has 0 saturated carbocycles. The summed E-state index contributed by atoms with van der Waals surface area (Å²) in [5.41, 5.74) is 1.07. The van der Waals surface area contributed by atoms with Crippen LogP contribution in [0.4, 0.5) is 0 Å². The Labute approximate surface area is 114 Å². The van der Waals surface area contributed by atoms with Crippen LogP contribution >= 0.6 is 11.6 Å². The van der Waals surface area contributed by atoms with Gasteiger partial charge >= 0.3 is 0 Å². The highest BCUT2D eigenvalue weighted by Crippen LogP contribution is 2.23. The first kappa shape index (κ1) is 15.5. The quantitative estimate of drug-likeness (QED) is 0.905. The number of hydrogen-bond donors (Lipinski definition) is 1. The van der Waals surface area contributed by atoms with Crippen molar-refractivity contribution < 1.29 is 8.42 Å². The fourth-order valence-corrected chi connectivity index (χ4v) is 2.65. The van der Waals surface area contributed by atoms with Crippen LogP contribution in [0.2, 0.25) is 5.02 Å². The number of benzene rings is 1. The summed E-state index contributed by atoms with van der Waals surface area (Å²) < 4.78 is 22.9. The third-order valence-corrected chi connectivity index (χ3v) is 5.94. The maximum absolute atomic E-state index is 11.8. The van der Waals surface area contributed by atoms with E-state index in [9.17, 15) is 8.42 Å². The molecule has 1 aromatic carbocycles. The topological polar surface area (TPSA) is 46.2 Å². The second-order valence-electron chi connectivity index (χ2n) is 5.05. The zero-order valence-corrected chi connectivity index (χ0v) is 12.8. The molecule has 5 heteroatoms. The molecule has 0 heterocycles. The molecule has 0 saturated heterocycles. The summed E-state index contributed by atoms with van der Waals surface area (Å²) in [7, 11) is -1.35. The van der Waals surface area contributed by atoms with E-state index in [0.717, 1.165) is 5.56 Å². The second kappa shape index (κ2) is 5.59. The van der Waals surface area contributed by atoms with Crippen LogP contribution in [0, 0.1) is 0 Å². The van der Waals surface area contributed by atoms with Gasteiger partial charge in [-0.1, -0.05) is 23.7 Å². The first-order chi connectivity index (χ1) is 8.18. The molecule has 1 atom stereocenters. The van der Waals surface area contributed by atoms with Crippen LogP contribution in [0.1, 0.15) is 19.4 Å². The van der Waals surface area contributed by atoms with E-state index in [0.29, 0.717) is 11.4 Å². The van der Waals surface area contributed by atoms with E-state index in [1.165, 1.54) is 6.26 Å². The summed E-state index contributed by atoms with van der Waals surface area (Å²) in [5.74, 6) is 0. The third-order valence-electron chi connectivity index (χ3n) is 3.50. The summed E-state index contributed by atoms with van der Waals surface area (Å²) in [4.78, 5) is 0. The van der Waals surface area contributed by atoms with Gasteiger partial charge in [-0.25, -0.2) is 8.42 Å². The van der Waals surface area contributed by atoms with Gasteiger partial charge < -0.3 is 5.32 Å². The Morgan fingerprint density at radius 1 is 1.28 bits per heavy atom. The molecule has 18 heavy (non-hydrogen) atoms. The number of sulfone groups is 1. The van der Waals surface area contributed by atoms with Gasteiger partial charge in [0, 0.05) is 17.3 Å². The van der Waals surface area contributed by atoms with E-state index in [1.54, 1.807) is 20.9 Å². The van der Waals surface area contributed by atoms with E-state index in [-0.39, 0.29) is 6.04 Å². The molecule has 1 unspecified atom stereocenters. The van der Waals surface area contributed by atoms with Crippen molar-refractivity contribution in [3.05, 3.63) is 34.9 Å². The van der Waals surface area contributed by atoms with Crippen molar-refractivity contribution in [3.63, 3.8) is 0 Å². The number of rotatable bonds is 5. The van der Waals surface area contributed by atoms with Gasteiger partial charge in [-0.05, 0) is 45.0 Å². The van der Waals surface area contributed by atoms with E-state index < -0.39 is 14.6 Å². The lowest BCUT2D eigenvalue weighted by molar-refractivity contribution is 0.431. The van der Waals surface area contributed by atoms with Gasteiger partial charge in [0.05, 0.1) is 4.75 Å². The van der Waals surface area contributed by atoms with Gasteiger partial charge in [0.15, 0.2) is 9.84 Å². The number of likely N-dealkylation sites (N-methyl/N-ethyl adjacent to an activating group) is 1. The van der Waals surface area contributed by atoms with Crippen molar-refractivity contribution in [2.75, 3.05) is 13.3 Å². The molecule has 0 aliphatic rings. The summed E-state index contributed by atoms with van der Waals surface area (Å²) >= 11 is 5.83. The molecule has 0 aliphatic heterocycles. The molecule has 0 bridgehead atoms. The maximum Gasteiger partial charge on any atom is 0.154 e. The molecule has 0 fully saturated rings. The minimum Gasteiger partial charge on any atom is -0.315 e. The van der Waals surface area contributed by atoms with Gasteiger partial charge in [0.1, 0.15) is 0 Å². The molecule has 0 aliphatic carbocycles. The lowest BCUT2D eigenvalue weighted by atomic mass is 9.96. The summed E-state index contributed by atoms with van der Waals surface area (Å²) in [6.07, 6.45) is 1.92. The molecular weight excluding hydrogens is 270 g/mol. The maximum atomic E-state index is 11.8. The molecule has 0 aromatic heterocycles. The largest absolute Gasteiger partial charge is 0.315 e. The van der Waals surface area contributed by atoms with Crippen molar-refractivity contribution in [1.82, 2.24) is 5.32 Å². The Morgan fingerprint density at radius 3 is 2.17 bits per heavy atom. The van der Waals surface area contributed by atoms with Crippen molar-refractivity contribution in [2.45, 2.75) is 31.1 Å². The number of halogens is 1. The Kier molecular flexibility index (Phi) is 4.81. The smallest absolute Gasteiger partial charge is 0.154 e. The Bertz CT molecular complexity index is 494. The molecule has 0 amide bonds. The van der Waals surface area contributed by atoms with Gasteiger partial charge in [-0.15, -0.1) is 0 Å². The zero-order valence-electron chi connectivity index (χ0n) is 11.2. The Hall–Kier alpha value is -0.580. The lowest BCUT2D eigenvalue weighted by Crippen LogP contribution is -2.51. The number of nitrogens with one attached hydrogen (secondary N) is 1. The van der Waals surface area contributed by atoms with Crippen LogP contribution in [0.3, 0.4) is 0 Å². The minimum absolute atomic E-state index is 0.145. The standard InChI is InChI=1S/C13H20ClNO2S/c1-13(2,18(4,16)17)12(15-3)9-10-5-7-11(14)8-6-10/h5-8,12,15H,9H2,1-4H3. The molecule has 0 radical (unpaired) electrons. The molecular formula is C13H20ClNO2S. The van der Waals surface area contributed by atoms with Crippen molar-refractivity contribution >= 4 is 21.4 Å². The van der Waals surface area contributed by atoms with Gasteiger partial charge in [-0.2, -0.15) is 0 Å². The van der Waals surface area contributed by atoms with Crippen molar-refractivity contribution in [2.24, 2.45) is 0 Å².